The van der Waals surface area contributed by atoms with Gasteiger partial charge in [-0.1, -0.05) is 17.7 Å². The first-order chi connectivity index (χ1) is 15.2. The van der Waals surface area contributed by atoms with Crippen LogP contribution in [0.3, 0.4) is 0 Å². The van der Waals surface area contributed by atoms with Gasteiger partial charge in [0.05, 0.1) is 29.8 Å². The lowest BCUT2D eigenvalue weighted by atomic mass is 10.0. The number of carbonyl (C=O) groups excluding carboxylic acids is 1. The van der Waals surface area contributed by atoms with Gasteiger partial charge in [0.2, 0.25) is 0 Å². The molecule has 0 unspecified atom stereocenters. The Morgan fingerprint density at radius 3 is 2.41 bits per heavy atom. The summed E-state index contributed by atoms with van der Waals surface area (Å²) in [6.45, 7) is 1.83. The third kappa shape index (κ3) is 5.11. The van der Waals surface area contributed by atoms with Crippen molar-refractivity contribution in [1.82, 2.24) is 10.2 Å². The van der Waals surface area contributed by atoms with Crippen molar-refractivity contribution >= 4 is 33.2 Å². The molecule has 1 aliphatic rings. The first-order valence-corrected chi connectivity index (χ1v) is 12.0. The van der Waals surface area contributed by atoms with Crippen LogP contribution in [0.1, 0.15) is 23.2 Å². The molecule has 0 spiro atoms. The molecule has 1 saturated heterocycles. The number of rotatable bonds is 7. The zero-order chi connectivity index (χ0) is 23.5. The smallest absolute Gasteiger partial charge is 0.264 e. The van der Waals surface area contributed by atoms with Crippen LogP contribution in [0.2, 0.25) is 5.02 Å². The maximum absolute atomic E-state index is 13.3. The number of amides is 1. The molecule has 10 heteroatoms. The van der Waals surface area contributed by atoms with Crippen LogP contribution in [0.5, 0.6) is 11.5 Å². The monoisotopic (exact) mass is 481 g/mol. The van der Waals surface area contributed by atoms with E-state index in [1.165, 1.54) is 45.5 Å². The highest BCUT2D eigenvalue weighted by atomic mass is 35.5. The summed E-state index contributed by atoms with van der Waals surface area (Å²) in [5.41, 5.74) is 0.539. The van der Waals surface area contributed by atoms with Crippen molar-refractivity contribution in [3.63, 3.8) is 0 Å². The molecule has 8 nitrogen and oxygen atoms in total. The minimum absolute atomic E-state index is 0.00924. The van der Waals surface area contributed by atoms with E-state index in [2.05, 4.69) is 10.2 Å². The average Bonchev–Trinajstić information content (AvgIpc) is 2.79. The Bertz CT molecular complexity index is 1080. The first kappa shape index (κ1) is 24.2. The van der Waals surface area contributed by atoms with Crippen molar-refractivity contribution in [3.05, 3.63) is 47.0 Å². The predicted octanol–water partition coefficient (Wildman–Crippen LogP) is 3.01. The number of hydrogen-bond acceptors (Lipinski definition) is 6. The normalized spacial score (nSPS) is 15.3. The number of benzene rings is 2. The maximum atomic E-state index is 13.3. The van der Waals surface area contributed by atoms with Crippen LogP contribution in [0.4, 0.5) is 5.69 Å². The molecule has 174 valence electrons. The van der Waals surface area contributed by atoms with Gasteiger partial charge in [0.15, 0.2) is 0 Å². The third-order valence-electron chi connectivity index (χ3n) is 5.60. The van der Waals surface area contributed by atoms with Gasteiger partial charge in [-0.05, 0) is 57.2 Å². The number of nitrogens with zero attached hydrogens (tertiary/aromatic N) is 2. The fraction of sp³-hybridized carbons (Fsp3) is 0.409. The Morgan fingerprint density at radius 1 is 1.12 bits per heavy atom. The number of carbonyl (C=O) groups is 1. The standard InChI is InChI=1S/C22H28ClN3O5S/c1-25-10-8-16(9-11-25)24-22(27)15-6-5-7-17(12-15)32(28,29)26(2)19-13-18(23)20(30-3)14-21(19)31-4/h5-7,12-14,16H,8-11H2,1-4H3,(H,24,27). The van der Waals surface area contributed by atoms with Crippen LogP contribution in [-0.4, -0.2) is 66.7 Å². The van der Waals surface area contributed by atoms with Crippen molar-refractivity contribution in [1.29, 1.82) is 0 Å². The van der Waals surface area contributed by atoms with E-state index in [4.69, 9.17) is 21.1 Å². The van der Waals surface area contributed by atoms with E-state index in [1.807, 2.05) is 7.05 Å². The predicted molar refractivity (Wildman–Crippen MR) is 125 cm³/mol. The fourth-order valence-corrected chi connectivity index (χ4v) is 5.08. The molecule has 1 heterocycles. The van der Waals surface area contributed by atoms with Crippen molar-refractivity contribution in [2.45, 2.75) is 23.8 Å². The minimum Gasteiger partial charge on any atom is -0.495 e. The lowest BCUT2D eigenvalue weighted by Gasteiger charge is -2.29. The first-order valence-electron chi connectivity index (χ1n) is 10.2. The molecular weight excluding hydrogens is 454 g/mol. The van der Waals surface area contributed by atoms with Gasteiger partial charge in [0, 0.05) is 24.7 Å². The van der Waals surface area contributed by atoms with Gasteiger partial charge in [0.1, 0.15) is 11.5 Å². The summed E-state index contributed by atoms with van der Waals surface area (Å²) >= 11 is 6.21. The summed E-state index contributed by atoms with van der Waals surface area (Å²) in [6.07, 6.45) is 1.72. The number of anilines is 1. The lowest BCUT2D eigenvalue weighted by Crippen LogP contribution is -2.43. The van der Waals surface area contributed by atoms with Gasteiger partial charge in [0.25, 0.3) is 15.9 Å². The molecule has 0 aliphatic carbocycles. The molecule has 2 aromatic rings. The molecular formula is C22H28ClN3O5S. The Kier molecular flexibility index (Phi) is 7.53. The van der Waals surface area contributed by atoms with E-state index in [1.54, 1.807) is 12.1 Å². The molecule has 1 N–H and O–H groups in total. The third-order valence-corrected chi connectivity index (χ3v) is 7.66. The molecule has 0 saturated carbocycles. The molecule has 32 heavy (non-hydrogen) atoms. The number of likely N-dealkylation sites (tertiary alicyclic amines) is 1. The summed E-state index contributed by atoms with van der Waals surface area (Å²) in [4.78, 5) is 14.9. The van der Waals surface area contributed by atoms with Gasteiger partial charge in [-0.15, -0.1) is 0 Å². The minimum atomic E-state index is -3.99. The van der Waals surface area contributed by atoms with E-state index < -0.39 is 10.0 Å². The zero-order valence-electron chi connectivity index (χ0n) is 18.6. The molecule has 1 fully saturated rings. The van der Waals surface area contributed by atoms with Crippen molar-refractivity contribution < 1.29 is 22.7 Å². The van der Waals surface area contributed by atoms with Crippen molar-refractivity contribution in [2.24, 2.45) is 0 Å². The summed E-state index contributed by atoms with van der Waals surface area (Å²) < 4.78 is 38.2. The van der Waals surface area contributed by atoms with Crippen LogP contribution >= 0.6 is 11.6 Å². The van der Waals surface area contributed by atoms with Crippen LogP contribution in [0.25, 0.3) is 0 Å². The number of nitrogens with one attached hydrogen (secondary N) is 1. The maximum Gasteiger partial charge on any atom is 0.264 e. The van der Waals surface area contributed by atoms with Gasteiger partial charge in [-0.3, -0.25) is 9.10 Å². The Morgan fingerprint density at radius 2 is 1.78 bits per heavy atom. The SMILES string of the molecule is COc1cc(OC)c(N(C)S(=O)(=O)c2cccc(C(=O)NC3CCN(C)CC3)c2)cc1Cl. The quantitative estimate of drug-likeness (QED) is 0.654. The molecule has 0 bridgehead atoms. The highest BCUT2D eigenvalue weighted by molar-refractivity contribution is 7.92. The summed E-state index contributed by atoms with van der Waals surface area (Å²) in [5.74, 6) is 0.364. The van der Waals surface area contributed by atoms with Crippen LogP contribution in [-0.2, 0) is 10.0 Å². The Hall–Kier alpha value is -2.49. The highest BCUT2D eigenvalue weighted by Crippen LogP contribution is 2.39. The highest BCUT2D eigenvalue weighted by Gasteiger charge is 2.26. The van der Waals surface area contributed by atoms with Crippen molar-refractivity contribution in [3.8, 4) is 11.5 Å². The summed E-state index contributed by atoms with van der Waals surface area (Å²) in [5, 5.41) is 3.26. The number of piperidine rings is 1. The second kappa shape index (κ2) is 9.97. The van der Waals surface area contributed by atoms with Gasteiger partial charge < -0.3 is 19.7 Å². The molecule has 0 radical (unpaired) electrons. The number of sulfonamides is 1. The zero-order valence-corrected chi connectivity index (χ0v) is 20.2. The topological polar surface area (TPSA) is 88.2 Å². The number of ether oxygens (including phenoxy) is 2. The largest absolute Gasteiger partial charge is 0.495 e. The Labute approximate surface area is 194 Å². The Balaban J connectivity index is 1.86. The summed E-state index contributed by atoms with van der Waals surface area (Å²) in [6, 6.07) is 9.07. The van der Waals surface area contributed by atoms with E-state index in [9.17, 15) is 13.2 Å². The molecule has 1 aliphatic heterocycles. The van der Waals surface area contributed by atoms with Crippen LogP contribution < -0.4 is 19.1 Å². The molecule has 2 aromatic carbocycles. The lowest BCUT2D eigenvalue weighted by molar-refractivity contribution is 0.0916. The van der Waals surface area contributed by atoms with Gasteiger partial charge in [-0.25, -0.2) is 8.42 Å². The van der Waals surface area contributed by atoms with E-state index >= 15 is 0 Å². The van der Waals surface area contributed by atoms with Crippen molar-refractivity contribution in [2.75, 3.05) is 45.7 Å². The van der Waals surface area contributed by atoms with Gasteiger partial charge in [-0.2, -0.15) is 0 Å². The van der Waals surface area contributed by atoms with E-state index in [0.29, 0.717) is 5.75 Å². The number of methoxy groups -OCH3 is 2. The number of halogens is 1. The van der Waals surface area contributed by atoms with E-state index in [-0.39, 0.29) is 38.9 Å². The second-order valence-electron chi connectivity index (χ2n) is 7.71. The molecule has 3 rings (SSSR count). The fourth-order valence-electron chi connectivity index (χ4n) is 3.60. The number of hydrogen-bond donors (Lipinski definition) is 1. The van der Waals surface area contributed by atoms with Crippen LogP contribution in [0, 0.1) is 0 Å². The van der Waals surface area contributed by atoms with Crippen LogP contribution in [0.15, 0.2) is 41.3 Å². The van der Waals surface area contributed by atoms with Gasteiger partial charge >= 0.3 is 0 Å². The second-order valence-corrected chi connectivity index (χ2v) is 10.1. The average molecular weight is 482 g/mol. The molecule has 0 atom stereocenters. The van der Waals surface area contributed by atoms with E-state index in [0.717, 1.165) is 30.2 Å². The molecule has 0 aromatic heterocycles. The molecule has 1 amide bonds. The summed E-state index contributed by atoms with van der Waals surface area (Å²) in [7, 11) is 2.36.